The summed E-state index contributed by atoms with van der Waals surface area (Å²) in [6.07, 6.45) is 2.07. The first kappa shape index (κ1) is 58.0. The van der Waals surface area contributed by atoms with Crippen LogP contribution in [-0.4, -0.2) is 119 Å². The lowest BCUT2D eigenvalue weighted by molar-refractivity contribution is -0.394. The average molecular weight is 1030 g/mol. The Hall–Kier alpha value is -6.99. The van der Waals surface area contributed by atoms with Crippen LogP contribution in [0.2, 0.25) is 10.0 Å². The molecule has 0 saturated heterocycles. The molecule has 0 heterocycles. The SMILES string of the molecule is CCCNC(=O)c1cc([N+](=O)[O-])cc([N+](=O)[O-])c1Cl.CCCNC(=O)c1cc([N+](=O)[O-])cc([N+](=O)[O-])c1N(CCCl)CCOS(C)(=O)=O.O=C(NCCO)c1cc([N+](=O)[O-])cc([N+](=O)[O-])c1Cl. The van der Waals surface area contributed by atoms with Gasteiger partial charge in [0, 0.05) is 56.8 Å². The highest BCUT2D eigenvalue weighted by Crippen LogP contribution is 2.37. The number of benzene rings is 3. The van der Waals surface area contributed by atoms with E-state index < -0.39 is 107 Å². The molecule has 4 N–H and O–H groups in total. The Bertz CT molecular complexity index is 2400. The zero-order chi connectivity index (χ0) is 51.3. The molecular weight excluding hydrogens is 991 g/mol. The Balaban J connectivity index is 0.000000521. The second-order valence-corrected chi connectivity index (χ2v) is 15.5. The maximum atomic E-state index is 12.6. The van der Waals surface area contributed by atoms with Crippen molar-refractivity contribution in [3.05, 3.63) is 124 Å². The standard InChI is InChI=1S/C15H21ClN4O8S.C10H10ClN3O5.C9H8ClN3O6/c1-3-5-17-15(21)12-9-11(19(22)23)10-13(20(24)25)14(12)18(6-4-16)7-8-28-29(2,26)27;1-2-3-12-10(15)7-4-6(13(16)17)5-8(9(7)11)14(18)19;10-8-6(9(15)11-1-2-14)3-5(12(16)17)4-7(8)13(18)19/h9-10H,3-8H2,1-2H3,(H,17,21);4-5H,2-3H2,1H3,(H,12,15);3-4,14H,1-2H2,(H,11,15). The van der Waals surface area contributed by atoms with Gasteiger partial charge in [0.1, 0.15) is 15.7 Å². The van der Waals surface area contributed by atoms with E-state index in [2.05, 4.69) is 20.1 Å². The van der Waals surface area contributed by atoms with Gasteiger partial charge in [-0.3, -0.25) is 79.3 Å². The summed E-state index contributed by atoms with van der Waals surface area (Å²) in [5.74, 6) is -2.27. The minimum atomic E-state index is -3.76. The number of carbonyl (C=O) groups is 3. The number of alkyl halides is 1. The van der Waals surface area contributed by atoms with E-state index in [1.807, 2.05) is 6.92 Å². The summed E-state index contributed by atoms with van der Waals surface area (Å²) in [6, 6.07) is 4.82. The summed E-state index contributed by atoms with van der Waals surface area (Å²) < 4.78 is 27.0. The van der Waals surface area contributed by atoms with E-state index in [4.69, 9.17) is 39.9 Å². The van der Waals surface area contributed by atoms with Crippen LogP contribution in [-0.2, 0) is 14.3 Å². The largest absolute Gasteiger partial charge is 0.395 e. The number of hydrogen-bond acceptors (Lipinski definition) is 20. The molecule has 0 aliphatic rings. The van der Waals surface area contributed by atoms with E-state index in [9.17, 15) is 83.5 Å². The Labute approximate surface area is 392 Å². The van der Waals surface area contributed by atoms with Gasteiger partial charge in [-0.2, -0.15) is 8.42 Å². The molecular formula is C34H39Cl3N10O19S. The first-order chi connectivity index (χ1) is 31.3. The molecule has 0 saturated carbocycles. The molecule has 0 radical (unpaired) electrons. The first-order valence-electron chi connectivity index (χ1n) is 18.6. The highest BCUT2D eigenvalue weighted by Gasteiger charge is 2.32. The Morgan fingerprint density at radius 2 is 0.970 bits per heavy atom. The third-order valence-electron chi connectivity index (χ3n) is 7.91. The van der Waals surface area contributed by atoms with Gasteiger partial charge in [-0.05, 0) is 12.8 Å². The molecule has 366 valence electrons. The van der Waals surface area contributed by atoms with Gasteiger partial charge in [0.2, 0.25) is 0 Å². The van der Waals surface area contributed by atoms with Crippen molar-refractivity contribution in [2.24, 2.45) is 0 Å². The summed E-state index contributed by atoms with van der Waals surface area (Å²) >= 11 is 17.2. The number of nitrogens with zero attached hydrogens (tertiary/aromatic N) is 7. The second kappa shape index (κ2) is 27.5. The van der Waals surface area contributed by atoms with Crippen molar-refractivity contribution >= 4 is 102 Å². The summed E-state index contributed by atoms with van der Waals surface area (Å²) in [5, 5.41) is 80.4. The molecule has 0 aromatic heterocycles. The van der Waals surface area contributed by atoms with Crippen LogP contribution in [0.15, 0.2) is 36.4 Å². The van der Waals surface area contributed by atoms with E-state index in [1.165, 1.54) is 4.90 Å². The molecule has 3 amide bonds. The van der Waals surface area contributed by atoms with Gasteiger partial charge >= 0.3 is 0 Å². The second-order valence-electron chi connectivity index (χ2n) is 12.8. The number of amides is 3. The number of nitro groups is 6. The van der Waals surface area contributed by atoms with Gasteiger partial charge in [0.05, 0.1) is 83.9 Å². The fourth-order valence-corrected chi connectivity index (χ4v) is 6.13. The van der Waals surface area contributed by atoms with Crippen LogP contribution in [0.1, 0.15) is 57.8 Å². The van der Waals surface area contributed by atoms with Crippen molar-refractivity contribution in [2.45, 2.75) is 26.7 Å². The average Bonchev–Trinajstić information content (AvgIpc) is 3.25. The third-order valence-corrected chi connectivity index (χ3v) is 9.46. The minimum absolute atomic E-state index is 0.00138. The maximum Gasteiger partial charge on any atom is 0.300 e. The van der Waals surface area contributed by atoms with Crippen molar-refractivity contribution in [3.8, 4) is 0 Å². The van der Waals surface area contributed by atoms with Crippen LogP contribution in [0.4, 0.5) is 39.8 Å². The number of aliphatic hydroxyl groups excluding tert-OH is 1. The summed E-state index contributed by atoms with van der Waals surface area (Å²) in [5.41, 5.74) is -5.04. The topological polar surface area (TPSA) is 413 Å². The summed E-state index contributed by atoms with van der Waals surface area (Å²) in [7, 11) is -3.76. The van der Waals surface area contributed by atoms with E-state index >= 15 is 0 Å². The smallest absolute Gasteiger partial charge is 0.300 e. The van der Waals surface area contributed by atoms with Crippen molar-refractivity contribution in [1.29, 1.82) is 0 Å². The molecule has 0 aliphatic carbocycles. The number of aliphatic hydroxyl groups is 1. The summed E-state index contributed by atoms with van der Waals surface area (Å²) in [6.45, 7) is 3.23. The van der Waals surface area contributed by atoms with E-state index in [1.54, 1.807) is 6.92 Å². The van der Waals surface area contributed by atoms with Crippen molar-refractivity contribution in [3.63, 3.8) is 0 Å². The van der Waals surface area contributed by atoms with E-state index in [0.29, 0.717) is 25.5 Å². The Morgan fingerprint density at radius 3 is 1.30 bits per heavy atom. The quantitative estimate of drug-likeness (QED) is 0.0452. The van der Waals surface area contributed by atoms with Crippen LogP contribution >= 0.6 is 34.8 Å². The highest BCUT2D eigenvalue weighted by molar-refractivity contribution is 7.85. The van der Waals surface area contributed by atoms with Crippen LogP contribution in [0.25, 0.3) is 0 Å². The van der Waals surface area contributed by atoms with Crippen LogP contribution in [0.5, 0.6) is 0 Å². The summed E-state index contributed by atoms with van der Waals surface area (Å²) in [4.78, 5) is 97.6. The minimum Gasteiger partial charge on any atom is -0.395 e. The zero-order valence-electron chi connectivity index (χ0n) is 35.0. The first-order valence-corrected chi connectivity index (χ1v) is 21.7. The normalized spacial score (nSPS) is 10.5. The molecule has 0 spiro atoms. The van der Waals surface area contributed by atoms with Crippen molar-refractivity contribution in [1.82, 2.24) is 16.0 Å². The Morgan fingerprint density at radius 1 is 0.612 bits per heavy atom. The number of non-ortho nitro benzene ring substituents is 3. The molecule has 29 nitrogen and oxygen atoms in total. The van der Waals surface area contributed by atoms with E-state index in [-0.39, 0.29) is 62.1 Å². The molecule has 0 bridgehead atoms. The molecule has 33 heteroatoms. The number of carbonyl (C=O) groups excluding carboxylic acids is 3. The van der Waals surface area contributed by atoms with Crippen molar-refractivity contribution in [2.75, 3.05) is 63.0 Å². The molecule has 0 fully saturated rings. The van der Waals surface area contributed by atoms with Gasteiger partial charge < -0.3 is 26.0 Å². The third kappa shape index (κ3) is 18.1. The monoisotopic (exact) mass is 1030 g/mol. The lowest BCUT2D eigenvalue weighted by Crippen LogP contribution is -2.34. The fraction of sp³-hybridized carbons (Fsp3) is 0.382. The van der Waals surface area contributed by atoms with Crippen molar-refractivity contribution < 1.29 is 61.6 Å². The number of hydrogen-bond donors (Lipinski definition) is 4. The van der Waals surface area contributed by atoms with Crippen LogP contribution < -0.4 is 20.9 Å². The number of nitrogens with one attached hydrogen (secondary N) is 3. The van der Waals surface area contributed by atoms with E-state index in [0.717, 1.165) is 36.6 Å². The predicted octanol–water partition coefficient (Wildman–Crippen LogP) is 4.84. The van der Waals surface area contributed by atoms with Gasteiger partial charge in [0.25, 0.3) is 62.0 Å². The number of rotatable bonds is 22. The van der Waals surface area contributed by atoms with Crippen LogP contribution in [0, 0.1) is 60.7 Å². The van der Waals surface area contributed by atoms with Gasteiger partial charge in [-0.25, -0.2) is 0 Å². The molecule has 3 rings (SSSR count). The lowest BCUT2D eigenvalue weighted by Gasteiger charge is -2.25. The lowest BCUT2D eigenvalue weighted by atomic mass is 10.1. The molecule has 3 aromatic carbocycles. The maximum absolute atomic E-state index is 12.6. The van der Waals surface area contributed by atoms with Gasteiger partial charge in [0.15, 0.2) is 0 Å². The van der Waals surface area contributed by atoms with Crippen LogP contribution in [0.3, 0.4) is 0 Å². The molecule has 3 aromatic rings. The predicted molar refractivity (Wildman–Crippen MR) is 238 cm³/mol. The zero-order valence-corrected chi connectivity index (χ0v) is 38.1. The number of halogens is 3. The Kier molecular flexibility index (Phi) is 23.8. The molecule has 0 unspecified atom stereocenters. The molecule has 67 heavy (non-hydrogen) atoms. The fourth-order valence-electron chi connectivity index (χ4n) is 5.02. The number of anilines is 1. The van der Waals surface area contributed by atoms with Gasteiger partial charge in [-0.15, -0.1) is 11.6 Å². The highest BCUT2D eigenvalue weighted by atomic mass is 35.5. The number of nitro benzene ring substituents is 6. The molecule has 0 aliphatic heterocycles. The van der Waals surface area contributed by atoms with Gasteiger partial charge in [-0.1, -0.05) is 37.0 Å². The molecule has 0 atom stereocenters.